The summed E-state index contributed by atoms with van der Waals surface area (Å²) >= 11 is 0. The van der Waals surface area contributed by atoms with Gasteiger partial charge in [-0.15, -0.1) is 0 Å². The monoisotopic (exact) mass is 275 g/mol. The molecule has 2 fully saturated rings. The molecule has 2 aliphatic carbocycles. The number of carbonyl (C=O) groups is 1. The molecular formula is C17H22FNO. The van der Waals surface area contributed by atoms with E-state index >= 15 is 0 Å². The van der Waals surface area contributed by atoms with Crippen LogP contribution < -0.4 is 5.32 Å². The highest BCUT2D eigenvalue weighted by atomic mass is 19.1. The molecular weight excluding hydrogens is 253 g/mol. The number of hydrogen-bond acceptors (Lipinski definition) is 1. The van der Waals surface area contributed by atoms with Crippen molar-refractivity contribution in [3.63, 3.8) is 0 Å². The summed E-state index contributed by atoms with van der Waals surface area (Å²) in [6, 6.07) is 6.99. The zero-order valence-corrected chi connectivity index (χ0v) is 11.8. The summed E-state index contributed by atoms with van der Waals surface area (Å²) in [7, 11) is 0. The molecule has 0 spiro atoms. The maximum Gasteiger partial charge on any atom is 0.230 e. The van der Waals surface area contributed by atoms with Crippen LogP contribution >= 0.6 is 0 Å². The van der Waals surface area contributed by atoms with Crippen LogP contribution in [0.3, 0.4) is 0 Å². The molecule has 0 bridgehead atoms. The fourth-order valence-electron chi connectivity index (χ4n) is 3.34. The summed E-state index contributed by atoms with van der Waals surface area (Å²) in [5, 5.41) is 3.18. The molecule has 108 valence electrons. The Kier molecular flexibility index (Phi) is 3.77. The Balaban J connectivity index is 1.72. The summed E-state index contributed by atoms with van der Waals surface area (Å²) < 4.78 is 13.9. The van der Waals surface area contributed by atoms with Crippen LogP contribution in [0, 0.1) is 5.82 Å². The topological polar surface area (TPSA) is 29.1 Å². The van der Waals surface area contributed by atoms with E-state index in [2.05, 4.69) is 5.32 Å². The molecule has 1 amide bonds. The molecule has 0 atom stereocenters. The Bertz CT molecular complexity index is 488. The minimum Gasteiger partial charge on any atom is -0.353 e. The fourth-order valence-corrected chi connectivity index (χ4v) is 3.34. The van der Waals surface area contributed by atoms with Gasteiger partial charge in [-0.2, -0.15) is 0 Å². The van der Waals surface area contributed by atoms with Gasteiger partial charge in [-0.1, -0.05) is 43.9 Å². The lowest BCUT2D eigenvalue weighted by Gasteiger charge is -2.22. The third-order valence-electron chi connectivity index (χ3n) is 4.76. The van der Waals surface area contributed by atoms with E-state index in [1.54, 1.807) is 12.1 Å². The van der Waals surface area contributed by atoms with Crippen LogP contribution in [0.5, 0.6) is 0 Å². The van der Waals surface area contributed by atoms with E-state index in [4.69, 9.17) is 0 Å². The Labute approximate surface area is 119 Å². The normalized spacial score (nSPS) is 22.1. The molecule has 0 saturated heterocycles. The van der Waals surface area contributed by atoms with Gasteiger partial charge in [0.1, 0.15) is 5.82 Å². The molecule has 1 aromatic carbocycles. The number of benzene rings is 1. The van der Waals surface area contributed by atoms with E-state index in [0.29, 0.717) is 5.56 Å². The second-order valence-corrected chi connectivity index (χ2v) is 6.22. The highest BCUT2D eigenvalue weighted by molar-refractivity contribution is 5.91. The second-order valence-electron chi connectivity index (χ2n) is 6.22. The smallest absolute Gasteiger partial charge is 0.230 e. The zero-order chi connectivity index (χ0) is 14.0. The molecule has 0 aromatic heterocycles. The maximum atomic E-state index is 13.9. The van der Waals surface area contributed by atoms with Gasteiger partial charge in [0.2, 0.25) is 5.91 Å². The Hall–Kier alpha value is -1.38. The third-order valence-corrected chi connectivity index (χ3v) is 4.76. The highest BCUT2D eigenvalue weighted by Gasteiger charge is 2.52. The predicted octanol–water partition coefficient (Wildman–Crippen LogP) is 3.70. The van der Waals surface area contributed by atoms with Crippen molar-refractivity contribution in [3.8, 4) is 0 Å². The largest absolute Gasteiger partial charge is 0.353 e. The second kappa shape index (κ2) is 5.55. The summed E-state index contributed by atoms with van der Waals surface area (Å²) in [5.74, 6) is -0.212. The van der Waals surface area contributed by atoms with E-state index < -0.39 is 5.41 Å². The van der Waals surface area contributed by atoms with E-state index in [1.807, 2.05) is 6.07 Å². The van der Waals surface area contributed by atoms with Crippen molar-refractivity contribution in [2.45, 2.75) is 62.8 Å². The molecule has 20 heavy (non-hydrogen) atoms. The SMILES string of the molecule is O=C(NC1CCCCCC1)C1(c2ccccc2F)CC1. The Morgan fingerprint density at radius 2 is 1.75 bits per heavy atom. The molecule has 0 heterocycles. The summed E-state index contributed by atoms with van der Waals surface area (Å²) in [6.45, 7) is 0. The van der Waals surface area contributed by atoms with E-state index in [1.165, 1.54) is 31.7 Å². The fraction of sp³-hybridized carbons (Fsp3) is 0.588. The number of nitrogens with one attached hydrogen (secondary N) is 1. The summed E-state index contributed by atoms with van der Waals surface area (Å²) in [5.41, 5.74) is -0.0106. The number of amides is 1. The molecule has 2 nitrogen and oxygen atoms in total. The van der Waals surface area contributed by atoms with Crippen molar-refractivity contribution in [2.75, 3.05) is 0 Å². The van der Waals surface area contributed by atoms with Crippen LogP contribution in [0.2, 0.25) is 0 Å². The van der Waals surface area contributed by atoms with Gasteiger partial charge in [0.15, 0.2) is 0 Å². The van der Waals surface area contributed by atoms with Gasteiger partial charge in [-0.3, -0.25) is 4.79 Å². The van der Waals surface area contributed by atoms with Gasteiger partial charge in [-0.25, -0.2) is 4.39 Å². The molecule has 0 unspecified atom stereocenters. The van der Waals surface area contributed by atoms with Crippen molar-refractivity contribution in [3.05, 3.63) is 35.6 Å². The van der Waals surface area contributed by atoms with E-state index in [-0.39, 0.29) is 17.8 Å². The van der Waals surface area contributed by atoms with Crippen LogP contribution in [0.4, 0.5) is 4.39 Å². The third kappa shape index (κ3) is 2.58. The van der Waals surface area contributed by atoms with E-state index in [0.717, 1.165) is 25.7 Å². The summed E-state index contributed by atoms with van der Waals surface area (Å²) in [6.07, 6.45) is 8.60. The van der Waals surface area contributed by atoms with Crippen molar-refractivity contribution < 1.29 is 9.18 Å². The van der Waals surface area contributed by atoms with Gasteiger partial charge in [0, 0.05) is 11.6 Å². The zero-order valence-electron chi connectivity index (χ0n) is 11.8. The Morgan fingerprint density at radius 3 is 2.35 bits per heavy atom. The van der Waals surface area contributed by atoms with Crippen molar-refractivity contribution in [1.82, 2.24) is 5.32 Å². The lowest BCUT2D eigenvalue weighted by Crippen LogP contribution is -2.41. The van der Waals surface area contributed by atoms with Crippen molar-refractivity contribution in [1.29, 1.82) is 0 Å². The van der Waals surface area contributed by atoms with Crippen LogP contribution in [0.25, 0.3) is 0 Å². The first-order valence-corrected chi connectivity index (χ1v) is 7.78. The number of carbonyl (C=O) groups excluding carboxylic acids is 1. The van der Waals surface area contributed by atoms with Gasteiger partial charge >= 0.3 is 0 Å². The molecule has 3 rings (SSSR count). The number of hydrogen-bond donors (Lipinski definition) is 1. The lowest BCUT2D eigenvalue weighted by atomic mass is 9.93. The van der Waals surface area contributed by atoms with Crippen molar-refractivity contribution in [2.24, 2.45) is 0 Å². The first-order valence-electron chi connectivity index (χ1n) is 7.78. The molecule has 1 aromatic rings. The van der Waals surface area contributed by atoms with E-state index in [9.17, 15) is 9.18 Å². The minimum atomic E-state index is -0.586. The van der Waals surface area contributed by atoms with Gasteiger partial charge in [0.25, 0.3) is 0 Å². The number of rotatable bonds is 3. The minimum absolute atomic E-state index is 0.0366. The quantitative estimate of drug-likeness (QED) is 0.837. The van der Waals surface area contributed by atoms with Crippen molar-refractivity contribution >= 4 is 5.91 Å². The lowest BCUT2D eigenvalue weighted by molar-refractivity contribution is -0.124. The first kappa shape index (κ1) is 13.6. The molecule has 1 N–H and O–H groups in total. The average molecular weight is 275 g/mol. The highest BCUT2D eigenvalue weighted by Crippen LogP contribution is 2.49. The molecule has 2 saturated carbocycles. The van der Waals surface area contributed by atoms with Gasteiger partial charge in [0.05, 0.1) is 5.41 Å². The predicted molar refractivity (Wildman–Crippen MR) is 76.9 cm³/mol. The van der Waals surface area contributed by atoms with Crippen LogP contribution in [0.15, 0.2) is 24.3 Å². The summed E-state index contributed by atoms with van der Waals surface area (Å²) in [4.78, 5) is 12.6. The molecule has 0 aliphatic heterocycles. The van der Waals surface area contributed by atoms with Crippen LogP contribution in [-0.2, 0) is 10.2 Å². The first-order chi connectivity index (χ1) is 9.72. The molecule has 2 aliphatic rings. The van der Waals surface area contributed by atoms with Gasteiger partial charge in [-0.05, 0) is 31.7 Å². The van der Waals surface area contributed by atoms with Gasteiger partial charge < -0.3 is 5.32 Å². The number of halogens is 1. The Morgan fingerprint density at radius 1 is 1.10 bits per heavy atom. The standard InChI is InChI=1S/C17H22FNO/c18-15-10-6-5-9-14(15)17(11-12-17)16(20)19-13-7-3-1-2-4-8-13/h5-6,9-10,13H,1-4,7-8,11-12H2,(H,19,20). The van der Waals surface area contributed by atoms with Crippen LogP contribution in [-0.4, -0.2) is 11.9 Å². The molecule has 0 radical (unpaired) electrons. The van der Waals surface area contributed by atoms with Crippen LogP contribution in [0.1, 0.15) is 56.9 Å². The molecule has 3 heteroatoms. The average Bonchev–Trinajstić information content (AvgIpc) is 3.24. The maximum absolute atomic E-state index is 13.9.